The molecular weight excluding hydrogens is 324 g/mol. The van der Waals surface area contributed by atoms with E-state index in [0.29, 0.717) is 18.0 Å². The largest absolute Gasteiger partial charge is 0.354 e. The van der Waals surface area contributed by atoms with Crippen molar-refractivity contribution in [3.05, 3.63) is 53.3 Å². The number of nitrogens with zero attached hydrogens (tertiary/aromatic N) is 2. The van der Waals surface area contributed by atoms with Gasteiger partial charge in [-0.1, -0.05) is 32.0 Å². The van der Waals surface area contributed by atoms with Crippen LogP contribution in [-0.4, -0.2) is 43.0 Å². The van der Waals surface area contributed by atoms with Crippen LogP contribution >= 0.6 is 0 Å². The third-order valence-electron chi connectivity index (χ3n) is 4.26. The number of para-hydroxylation sites is 1. The molecule has 0 saturated carbocycles. The standard InChI is InChI=1S/C21H30N4O/c1-15(2)19-9-6-8-16(3)20(19)24-18-12-17(13-22-14-18)21(26)23-10-7-11-25(4)5/h6,8-9,12-15,24H,7,10-11H2,1-5H3,(H,23,26). The molecule has 26 heavy (non-hydrogen) atoms. The summed E-state index contributed by atoms with van der Waals surface area (Å²) in [6.07, 6.45) is 4.28. The monoisotopic (exact) mass is 354 g/mol. The van der Waals surface area contributed by atoms with Crippen LogP contribution in [0.4, 0.5) is 11.4 Å². The van der Waals surface area contributed by atoms with E-state index in [-0.39, 0.29) is 5.91 Å². The van der Waals surface area contributed by atoms with Crippen LogP contribution < -0.4 is 10.6 Å². The molecule has 0 saturated heterocycles. The Hall–Kier alpha value is -2.40. The van der Waals surface area contributed by atoms with Crippen molar-refractivity contribution in [1.82, 2.24) is 15.2 Å². The molecule has 0 fully saturated rings. The van der Waals surface area contributed by atoms with Gasteiger partial charge in [0.25, 0.3) is 5.91 Å². The third kappa shape index (κ3) is 5.56. The normalized spacial score (nSPS) is 11.0. The Morgan fingerprint density at radius 2 is 2.00 bits per heavy atom. The van der Waals surface area contributed by atoms with Crippen LogP contribution in [0.3, 0.4) is 0 Å². The summed E-state index contributed by atoms with van der Waals surface area (Å²) in [5, 5.41) is 6.40. The van der Waals surface area contributed by atoms with E-state index in [2.05, 4.69) is 59.5 Å². The zero-order valence-corrected chi connectivity index (χ0v) is 16.5. The van der Waals surface area contributed by atoms with Crippen molar-refractivity contribution in [3.8, 4) is 0 Å². The molecule has 0 spiro atoms. The lowest BCUT2D eigenvalue weighted by molar-refractivity contribution is 0.0952. The molecule has 2 aromatic rings. The summed E-state index contributed by atoms with van der Waals surface area (Å²) in [4.78, 5) is 18.7. The maximum absolute atomic E-state index is 12.3. The molecule has 0 aliphatic carbocycles. The summed E-state index contributed by atoms with van der Waals surface area (Å²) in [6.45, 7) is 8.05. The molecule has 0 radical (unpaired) electrons. The lowest BCUT2D eigenvalue weighted by atomic mass is 9.98. The Balaban J connectivity index is 2.09. The van der Waals surface area contributed by atoms with Gasteiger partial charge in [-0.25, -0.2) is 0 Å². The predicted molar refractivity (Wildman–Crippen MR) is 108 cm³/mol. The van der Waals surface area contributed by atoms with Gasteiger partial charge in [0.05, 0.1) is 17.4 Å². The van der Waals surface area contributed by atoms with Gasteiger partial charge in [-0.15, -0.1) is 0 Å². The summed E-state index contributed by atoms with van der Waals surface area (Å²) in [5.74, 6) is 0.322. The molecule has 1 aromatic carbocycles. The summed E-state index contributed by atoms with van der Waals surface area (Å²) < 4.78 is 0. The predicted octanol–water partition coefficient (Wildman–Crippen LogP) is 3.94. The van der Waals surface area contributed by atoms with Gasteiger partial charge in [0, 0.05) is 18.4 Å². The Morgan fingerprint density at radius 1 is 1.23 bits per heavy atom. The minimum Gasteiger partial charge on any atom is -0.354 e. The number of nitrogens with one attached hydrogen (secondary N) is 2. The van der Waals surface area contributed by atoms with E-state index < -0.39 is 0 Å². The topological polar surface area (TPSA) is 57.3 Å². The highest BCUT2D eigenvalue weighted by molar-refractivity contribution is 5.94. The molecule has 5 nitrogen and oxygen atoms in total. The van der Waals surface area contributed by atoms with Crippen molar-refractivity contribution in [3.63, 3.8) is 0 Å². The van der Waals surface area contributed by atoms with E-state index in [1.165, 1.54) is 11.1 Å². The van der Waals surface area contributed by atoms with Gasteiger partial charge in [0.1, 0.15) is 0 Å². The molecule has 140 valence electrons. The molecule has 0 unspecified atom stereocenters. The Kier molecular flexibility index (Phi) is 7.16. The van der Waals surface area contributed by atoms with E-state index >= 15 is 0 Å². The molecule has 5 heteroatoms. The number of amides is 1. The fourth-order valence-electron chi connectivity index (χ4n) is 2.82. The minimum atomic E-state index is -0.0891. The molecular formula is C21H30N4O. The van der Waals surface area contributed by atoms with Crippen molar-refractivity contribution >= 4 is 17.3 Å². The van der Waals surface area contributed by atoms with Gasteiger partial charge in [-0.3, -0.25) is 9.78 Å². The first kappa shape index (κ1) is 19.9. The zero-order valence-electron chi connectivity index (χ0n) is 16.5. The minimum absolute atomic E-state index is 0.0891. The van der Waals surface area contributed by atoms with Gasteiger partial charge < -0.3 is 15.5 Å². The average molecular weight is 354 g/mol. The number of benzene rings is 1. The summed E-state index contributed by atoms with van der Waals surface area (Å²) in [6, 6.07) is 8.15. The zero-order chi connectivity index (χ0) is 19.1. The van der Waals surface area contributed by atoms with Gasteiger partial charge in [-0.2, -0.15) is 0 Å². The average Bonchev–Trinajstić information content (AvgIpc) is 2.60. The number of aryl methyl sites for hydroxylation is 1. The third-order valence-corrected chi connectivity index (χ3v) is 4.26. The number of carbonyl (C=O) groups excluding carboxylic acids is 1. The highest BCUT2D eigenvalue weighted by atomic mass is 16.1. The Bertz CT molecular complexity index is 741. The molecule has 0 aliphatic heterocycles. The maximum atomic E-state index is 12.3. The van der Waals surface area contributed by atoms with Crippen molar-refractivity contribution < 1.29 is 4.79 Å². The van der Waals surface area contributed by atoms with Crippen LogP contribution in [0, 0.1) is 6.92 Å². The number of anilines is 2. The SMILES string of the molecule is Cc1cccc(C(C)C)c1Nc1cncc(C(=O)NCCCN(C)C)c1. The van der Waals surface area contributed by atoms with Gasteiger partial charge in [-0.05, 0) is 57.1 Å². The Labute approximate surface area is 156 Å². The second kappa shape index (κ2) is 9.34. The second-order valence-electron chi connectivity index (χ2n) is 7.19. The fourth-order valence-corrected chi connectivity index (χ4v) is 2.82. The number of aromatic nitrogens is 1. The van der Waals surface area contributed by atoms with Crippen LogP contribution in [0.5, 0.6) is 0 Å². The summed E-state index contributed by atoms with van der Waals surface area (Å²) in [5.41, 5.74) is 4.91. The van der Waals surface area contributed by atoms with Crippen LogP contribution in [0.25, 0.3) is 0 Å². The first-order valence-electron chi connectivity index (χ1n) is 9.13. The molecule has 0 atom stereocenters. The fraction of sp³-hybridized carbons (Fsp3) is 0.429. The maximum Gasteiger partial charge on any atom is 0.252 e. The lowest BCUT2D eigenvalue weighted by Gasteiger charge is -2.17. The van der Waals surface area contributed by atoms with E-state index in [1.54, 1.807) is 12.4 Å². The van der Waals surface area contributed by atoms with Crippen LogP contribution in [0.2, 0.25) is 0 Å². The van der Waals surface area contributed by atoms with Gasteiger partial charge in [0.15, 0.2) is 0 Å². The van der Waals surface area contributed by atoms with E-state index in [9.17, 15) is 4.79 Å². The van der Waals surface area contributed by atoms with Crippen molar-refractivity contribution in [2.24, 2.45) is 0 Å². The Morgan fingerprint density at radius 3 is 2.69 bits per heavy atom. The van der Waals surface area contributed by atoms with Gasteiger partial charge >= 0.3 is 0 Å². The molecule has 2 rings (SSSR count). The van der Waals surface area contributed by atoms with Crippen LogP contribution in [-0.2, 0) is 0 Å². The van der Waals surface area contributed by atoms with Crippen molar-refractivity contribution in [2.45, 2.75) is 33.1 Å². The summed E-state index contributed by atoms with van der Waals surface area (Å²) >= 11 is 0. The van der Waals surface area contributed by atoms with E-state index in [0.717, 1.165) is 24.3 Å². The molecule has 2 N–H and O–H groups in total. The number of pyridine rings is 1. The molecule has 1 amide bonds. The number of hydrogen-bond donors (Lipinski definition) is 2. The first-order valence-corrected chi connectivity index (χ1v) is 9.13. The quantitative estimate of drug-likeness (QED) is 0.705. The second-order valence-corrected chi connectivity index (χ2v) is 7.19. The number of hydrogen-bond acceptors (Lipinski definition) is 4. The van der Waals surface area contributed by atoms with Crippen molar-refractivity contribution in [1.29, 1.82) is 0 Å². The molecule has 1 aromatic heterocycles. The lowest BCUT2D eigenvalue weighted by Crippen LogP contribution is -2.27. The highest BCUT2D eigenvalue weighted by Gasteiger charge is 2.11. The van der Waals surface area contributed by atoms with Gasteiger partial charge in [0.2, 0.25) is 0 Å². The number of rotatable bonds is 8. The summed E-state index contributed by atoms with van der Waals surface area (Å²) in [7, 11) is 4.05. The highest BCUT2D eigenvalue weighted by Crippen LogP contribution is 2.30. The van der Waals surface area contributed by atoms with E-state index in [1.807, 2.05) is 20.2 Å². The van der Waals surface area contributed by atoms with Crippen molar-refractivity contribution in [2.75, 3.05) is 32.5 Å². The van der Waals surface area contributed by atoms with E-state index in [4.69, 9.17) is 0 Å². The van der Waals surface area contributed by atoms with Crippen LogP contribution in [0.1, 0.15) is 47.7 Å². The van der Waals surface area contributed by atoms with Crippen LogP contribution in [0.15, 0.2) is 36.7 Å². The smallest absolute Gasteiger partial charge is 0.252 e. The molecule has 0 bridgehead atoms. The first-order chi connectivity index (χ1) is 12.4. The molecule has 1 heterocycles. The number of carbonyl (C=O) groups is 1. The molecule has 0 aliphatic rings.